The van der Waals surface area contributed by atoms with Gasteiger partial charge in [0.2, 0.25) is 0 Å². The summed E-state index contributed by atoms with van der Waals surface area (Å²) in [5.74, 6) is 0.909. The first-order chi connectivity index (χ1) is 9.02. The molecular formula is C12H19N5S2. The number of rotatable bonds is 5. The number of nitrogens with zero attached hydrogens (tertiary/aromatic N) is 4. The highest BCUT2D eigenvalue weighted by Crippen LogP contribution is 2.29. The minimum absolute atomic E-state index is 0.679. The van der Waals surface area contributed by atoms with Crippen molar-refractivity contribution in [2.75, 3.05) is 14.1 Å². The third-order valence-corrected chi connectivity index (χ3v) is 4.15. The van der Waals surface area contributed by atoms with Crippen LogP contribution >= 0.6 is 23.6 Å². The molecule has 0 saturated heterocycles. The lowest BCUT2D eigenvalue weighted by Crippen LogP contribution is -2.10. The second-order valence-electron chi connectivity index (χ2n) is 4.76. The summed E-state index contributed by atoms with van der Waals surface area (Å²) in [6, 6.07) is 0. The zero-order valence-corrected chi connectivity index (χ0v) is 13.4. The van der Waals surface area contributed by atoms with Crippen molar-refractivity contribution >= 4 is 23.6 Å². The molecule has 0 unspecified atom stereocenters. The van der Waals surface area contributed by atoms with Gasteiger partial charge in [-0.1, -0.05) is 6.92 Å². The fourth-order valence-electron chi connectivity index (χ4n) is 1.92. The predicted octanol–water partition coefficient (Wildman–Crippen LogP) is 2.84. The van der Waals surface area contributed by atoms with Crippen molar-refractivity contribution in [2.24, 2.45) is 0 Å². The van der Waals surface area contributed by atoms with Gasteiger partial charge in [-0.3, -0.25) is 9.67 Å². The van der Waals surface area contributed by atoms with E-state index in [-0.39, 0.29) is 0 Å². The molecule has 19 heavy (non-hydrogen) atoms. The second-order valence-corrected chi connectivity index (χ2v) is 6.23. The summed E-state index contributed by atoms with van der Waals surface area (Å²) in [4.78, 5) is 7.84. The van der Waals surface area contributed by atoms with Crippen molar-refractivity contribution in [3.63, 3.8) is 0 Å². The van der Waals surface area contributed by atoms with Gasteiger partial charge in [0, 0.05) is 13.1 Å². The first-order valence-electron chi connectivity index (χ1n) is 6.29. The van der Waals surface area contributed by atoms with Crippen LogP contribution in [0.2, 0.25) is 0 Å². The highest BCUT2D eigenvalue weighted by molar-refractivity contribution is 7.71. The molecule has 0 aromatic carbocycles. The van der Waals surface area contributed by atoms with Crippen LogP contribution in [-0.2, 0) is 13.1 Å². The Hall–Kier alpha value is -1.05. The van der Waals surface area contributed by atoms with Crippen LogP contribution in [0, 0.1) is 11.7 Å². The number of aromatic amines is 1. The molecule has 0 aliphatic rings. The maximum Gasteiger partial charge on any atom is 0.195 e. The Morgan fingerprint density at radius 1 is 1.42 bits per heavy atom. The molecule has 0 atom stereocenters. The summed E-state index contributed by atoms with van der Waals surface area (Å²) in [6.45, 7) is 5.89. The van der Waals surface area contributed by atoms with E-state index in [2.05, 4.69) is 31.6 Å². The van der Waals surface area contributed by atoms with E-state index < -0.39 is 0 Å². The summed E-state index contributed by atoms with van der Waals surface area (Å²) >= 11 is 6.97. The van der Waals surface area contributed by atoms with Crippen molar-refractivity contribution < 1.29 is 0 Å². The summed E-state index contributed by atoms with van der Waals surface area (Å²) in [5, 5.41) is 8.35. The third-order valence-electron chi connectivity index (χ3n) is 2.70. The number of thiazole rings is 1. The lowest BCUT2D eigenvalue weighted by Gasteiger charge is -2.05. The monoisotopic (exact) mass is 297 g/mol. The number of hydrogen-bond donors (Lipinski definition) is 1. The molecule has 2 aromatic heterocycles. The molecule has 1 N–H and O–H groups in total. The van der Waals surface area contributed by atoms with E-state index in [1.54, 1.807) is 11.3 Å². The van der Waals surface area contributed by atoms with Gasteiger partial charge in [-0.25, -0.2) is 4.98 Å². The minimum Gasteiger partial charge on any atom is -0.303 e. The number of aromatic nitrogens is 4. The summed E-state index contributed by atoms with van der Waals surface area (Å²) in [5.41, 5.74) is 1.02. The molecule has 0 aliphatic heterocycles. The first-order valence-corrected chi connectivity index (χ1v) is 7.52. The van der Waals surface area contributed by atoms with Gasteiger partial charge in [0.15, 0.2) is 10.6 Å². The van der Waals surface area contributed by atoms with Gasteiger partial charge in [-0.05, 0) is 39.7 Å². The molecule has 2 aromatic rings. The van der Waals surface area contributed by atoms with Crippen molar-refractivity contribution in [1.29, 1.82) is 0 Å². The summed E-state index contributed by atoms with van der Waals surface area (Å²) < 4.78 is 2.73. The number of aryl methyl sites for hydroxylation is 1. The molecule has 0 amide bonds. The van der Waals surface area contributed by atoms with Crippen LogP contribution in [0.1, 0.15) is 24.0 Å². The molecule has 7 heteroatoms. The van der Waals surface area contributed by atoms with Gasteiger partial charge in [0.05, 0.1) is 10.6 Å². The molecule has 5 nitrogen and oxygen atoms in total. The van der Waals surface area contributed by atoms with Gasteiger partial charge in [0.25, 0.3) is 0 Å². The Morgan fingerprint density at radius 3 is 2.79 bits per heavy atom. The van der Waals surface area contributed by atoms with Crippen LogP contribution in [0.4, 0.5) is 0 Å². The van der Waals surface area contributed by atoms with Crippen LogP contribution < -0.4 is 0 Å². The maximum atomic E-state index is 5.28. The molecule has 0 saturated carbocycles. The normalized spacial score (nSPS) is 11.4. The van der Waals surface area contributed by atoms with Gasteiger partial charge in [-0.15, -0.1) is 11.3 Å². The van der Waals surface area contributed by atoms with E-state index in [9.17, 15) is 0 Å². The fourth-order valence-corrected chi connectivity index (χ4v) is 3.32. The maximum absolute atomic E-state index is 5.28. The molecule has 2 heterocycles. The topological polar surface area (TPSA) is 49.7 Å². The van der Waals surface area contributed by atoms with Crippen LogP contribution in [0.25, 0.3) is 10.7 Å². The molecule has 0 spiro atoms. The fraction of sp³-hybridized carbons (Fsp3) is 0.583. The lowest BCUT2D eigenvalue weighted by molar-refractivity contribution is 0.401. The molecule has 104 valence electrons. The van der Waals surface area contributed by atoms with Crippen LogP contribution in [0.5, 0.6) is 0 Å². The van der Waals surface area contributed by atoms with E-state index in [1.165, 1.54) is 0 Å². The minimum atomic E-state index is 0.679. The molecule has 0 bridgehead atoms. The van der Waals surface area contributed by atoms with Crippen LogP contribution in [0.15, 0.2) is 0 Å². The van der Waals surface area contributed by atoms with E-state index >= 15 is 0 Å². The molecule has 2 rings (SSSR count). The highest BCUT2D eigenvalue weighted by atomic mass is 32.1. The van der Waals surface area contributed by atoms with Gasteiger partial charge in [0.1, 0.15) is 5.01 Å². The Bertz CT molecular complexity index is 608. The van der Waals surface area contributed by atoms with Crippen molar-refractivity contribution in [1.82, 2.24) is 24.6 Å². The predicted molar refractivity (Wildman–Crippen MR) is 80.9 cm³/mol. The van der Waals surface area contributed by atoms with E-state index in [4.69, 9.17) is 12.2 Å². The molecular weight excluding hydrogens is 278 g/mol. The number of hydrogen-bond acceptors (Lipinski definition) is 5. The smallest absolute Gasteiger partial charge is 0.195 e. The van der Waals surface area contributed by atoms with Gasteiger partial charge in [-0.2, -0.15) is 5.10 Å². The summed E-state index contributed by atoms with van der Waals surface area (Å²) in [6.07, 6.45) is 1.03. The SMILES string of the molecule is CCCn1c(-c2sc(CN(C)C)nc2C)n[nH]c1=S. The Morgan fingerprint density at radius 2 is 2.16 bits per heavy atom. The quantitative estimate of drug-likeness (QED) is 0.862. The van der Waals surface area contributed by atoms with E-state index in [0.717, 1.165) is 40.9 Å². The summed E-state index contributed by atoms with van der Waals surface area (Å²) in [7, 11) is 4.09. The standard InChI is InChI=1S/C12H19N5S2/c1-5-6-17-11(14-15-12(17)18)10-8(2)13-9(19-10)7-16(3)4/h5-7H2,1-4H3,(H,15,18). The van der Waals surface area contributed by atoms with Crippen molar-refractivity contribution in [3.8, 4) is 10.7 Å². The van der Waals surface area contributed by atoms with Gasteiger partial charge < -0.3 is 4.90 Å². The third kappa shape index (κ3) is 3.10. The molecule has 0 fully saturated rings. The zero-order chi connectivity index (χ0) is 14.0. The Balaban J connectivity index is 2.41. The van der Waals surface area contributed by atoms with Crippen LogP contribution in [0.3, 0.4) is 0 Å². The number of H-pyrrole nitrogens is 1. The number of nitrogens with one attached hydrogen (secondary N) is 1. The van der Waals surface area contributed by atoms with Crippen molar-refractivity contribution in [3.05, 3.63) is 15.5 Å². The second kappa shape index (κ2) is 5.94. The van der Waals surface area contributed by atoms with Crippen LogP contribution in [-0.4, -0.2) is 38.7 Å². The van der Waals surface area contributed by atoms with E-state index in [0.29, 0.717) is 4.77 Å². The average Bonchev–Trinajstić information content (AvgIpc) is 2.84. The lowest BCUT2D eigenvalue weighted by atomic mass is 10.3. The molecule has 0 aliphatic carbocycles. The van der Waals surface area contributed by atoms with Crippen molar-refractivity contribution in [2.45, 2.75) is 33.4 Å². The average molecular weight is 297 g/mol. The zero-order valence-electron chi connectivity index (χ0n) is 11.7. The highest BCUT2D eigenvalue weighted by Gasteiger charge is 2.16. The molecule has 0 radical (unpaired) electrons. The van der Waals surface area contributed by atoms with E-state index in [1.807, 2.05) is 21.0 Å². The van der Waals surface area contributed by atoms with Gasteiger partial charge >= 0.3 is 0 Å². The Kier molecular flexibility index (Phi) is 4.49. The Labute approximate surface area is 122 Å². The first kappa shape index (κ1) is 14.4. The largest absolute Gasteiger partial charge is 0.303 e.